The third-order valence-electron chi connectivity index (χ3n) is 4.80. The number of aromatic nitrogens is 4. The van der Waals surface area contributed by atoms with E-state index in [0.717, 1.165) is 29.4 Å². The van der Waals surface area contributed by atoms with Gasteiger partial charge in [-0.25, -0.2) is 9.37 Å². The molecule has 0 aliphatic rings. The van der Waals surface area contributed by atoms with Gasteiger partial charge in [-0.05, 0) is 36.8 Å². The van der Waals surface area contributed by atoms with Gasteiger partial charge in [0.05, 0.1) is 11.7 Å². The number of carbonyl (C=O) groups is 1. The standard InChI is InChI=1S/C21H21FN6O/c1-2-11-28-17(8-10-25-21(29)13-3-5-14(22)6-4-13)18-15-7-9-24-12-16(15)26-20(23)19(18)27-28/h3-7,9,12H,2,8,10-11H2,1H3,(H2,23,26)(H,25,29). The molecule has 0 spiro atoms. The summed E-state index contributed by atoms with van der Waals surface area (Å²) in [5.74, 6) is -0.248. The molecule has 4 aromatic rings. The number of fused-ring (bicyclic) bond motifs is 3. The van der Waals surface area contributed by atoms with E-state index in [1.807, 2.05) is 10.7 Å². The van der Waals surface area contributed by atoms with Crippen LogP contribution in [0.1, 0.15) is 29.4 Å². The van der Waals surface area contributed by atoms with E-state index in [1.54, 1.807) is 12.4 Å². The fourth-order valence-electron chi connectivity index (χ4n) is 3.48. The molecule has 3 N–H and O–H groups in total. The Balaban J connectivity index is 1.65. The Labute approximate surface area is 166 Å². The van der Waals surface area contributed by atoms with Crippen molar-refractivity contribution in [2.45, 2.75) is 26.3 Å². The highest BCUT2D eigenvalue weighted by Gasteiger charge is 2.18. The first kappa shape index (κ1) is 18.8. The van der Waals surface area contributed by atoms with Crippen molar-refractivity contribution in [2.24, 2.45) is 0 Å². The van der Waals surface area contributed by atoms with Crippen molar-refractivity contribution < 1.29 is 9.18 Å². The number of benzene rings is 1. The van der Waals surface area contributed by atoms with Crippen LogP contribution >= 0.6 is 0 Å². The lowest BCUT2D eigenvalue weighted by molar-refractivity contribution is 0.0954. The second-order valence-electron chi connectivity index (χ2n) is 6.80. The lowest BCUT2D eigenvalue weighted by Gasteiger charge is -2.09. The van der Waals surface area contributed by atoms with E-state index in [4.69, 9.17) is 5.73 Å². The van der Waals surface area contributed by atoms with E-state index in [1.165, 1.54) is 24.3 Å². The zero-order chi connectivity index (χ0) is 20.4. The van der Waals surface area contributed by atoms with Crippen molar-refractivity contribution in [1.29, 1.82) is 0 Å². The summed E-state index contributed by atoms with van der Waals surface area (Å²) in [6, 6.07) is 7.38. The van der Waals surface area contributed by atoms with Gasteiger partial charge in [0, 0.05) is 47.7 Å². The van der Waals surface area contributed by atoms with E-state index >= 15 is 0 Å². The van der Waals surface area contributed by atoms with Crippen LogP contribution in [0.3, 0.4) is 0 Å². The predicted octanol–water partition coefficient (Wildman–Crippen LogP) is 3.08. The molecule has 0 saturated heterocycles. The van der Waals surface area contributed by atoms with Crippen LogP contribution in [0, 0.1) is 5.82 Å². The van der Waals surface area contributed by atoms with Gasteiger partial charge in [0.2, 0.25) is 0 Å². The van der Waals surface area contributed by atoms with E-state index in [9.17, 15) is 9.18 Å². The predicted molar refractivity (Wildman–Crippen MR) is 110 cm³/mol. The van der Waals surface area contributed by atoms with Gasteiger partial charge in [0.25, 0.3) is 5.91 Å². The van der Waals surface area contributed by atoms with Crippen LogP contribution in [0.2, 0.25) is 0 Å². The molecule has 1 aromatic carbocycles. The van der Waals surface area contributed by atoms with Crippen LogP contribution in [0.5, 0.6) is 0 Å². The molecule has 0 saturated carbocycles. The normalized spacial score (nSPS) is 11.2. The number of rotatable bonds is 6. The number of pyridine rings is 2. The van der Waals surface area contributed by atoms with Crippen LogP contribution in [0.15, 0.2) is 42.7 Å². The Bertz CT molecular complexity index is 1190. The Hall–Kier alpha value is -3.55. The molecule has 0 atom stereocenters. The molecule has 0 unspecified atom stereocenters. The van der Waals surface area contributed by atoms with E-state index in [2.05, 4.69) is 27.3 Å². The lowest BCUT2D eigenvalue weighted by Crippen LogP contribution is -2.26. The van der Waals surface area contributed by atoms with Gasteiger partial charge in [-0.1, -0.05) is 6.92 Å². The summed E-state index contributed by atoms with van der Waals surface area (Å²) in [6.07, 6.45) is 4.89. The van der Waals surface area contributed by atoms with Gasteiger partial charge in [-0.2, -0.15) is 5.10 Å². The topological polar surface area (TPSA) is 98.7 Å². The molecule has 29 heavy (non-hydrogen) atoms. The molecule has 148 valence electrons. The molecule has 3 aromatic heterocycles. The SMILES string of the molecule is CCCn1nc2c(N)nc3cnccc3c2c1CCNC(=O)c1ccc(F)cc1. The smallest absolute Gasteiger partial charge is 0.251 e. The van der Waals surface area contributed by atoms with Crippen molar-refractivity contribution >= 4 is 33.5 Å². The number of nitrogens with zero attached hydrogens (tertiary/aromatic N) is 4. The first-order valence-electron chi connectivity index (χ1n) is 9.51. The van der Waals surface area contributed by atoms with Gasteiger partial charge >= 0.3 is 0 Å². The molecule has 1 amide bonds. The van der Waals surface area contributed by atoms with Gasteiger partial charge in [0.1, 0.15) is 11.3 Å². The van der Waals surface area contributed by atoms with Gasteiger partial charge in [-0.15, -0.1) is 0 Å². The molecule has 0 aliphatic carbocycles. The number of amides is 1. The number of hydrogen-bond donors (Lipinski definition) is 2. The van der Waals surface area contributed by atoms with Crippen molar-refractivity contribution in [2.75, 3.05) is 12.3 Å². The maximum Gasteiger partial charge on any atom is 0.251 e. The molecular weight excluding hydrogens is 371 g/mol. The Morgan fingerprint density at radius 2 is 2.03 bits per heavy atom. The number of hydrogen-bond acceptors (Lipinski definition) is 5. The first-order chi connectivity index (χ1) is 14.1. The highest BCUT2D eigenvalue weighted by atomic mass is 19.1. The maximum absolute atomic E-state index is 13.1. The Morgan fingerprint density at radius 1 is 1.24 bits per heavy atom. The number of aryl methyl sites for hydroxylation is 1. The molecule has 0 radical (unpaired) electrons. The van der Waals surface area contributed by atoms with Crippen molar-refractivity contribution in [3.05, 3.63) is 59.8 Å². The maximum atomic E-state index is 13.1. The summed E-state index contributed by atoms with van der Waals surface area (Å²) in [4.78, 5) is 20.9. The van der Waals surface area contributed by atoms with Gasteiger partial charge in [-0.3, -0.25) is 14.5 Å². The summed E-state index contributed by atoms with van der Waals surface area (Å²) >= 11 is 0. The molecule has 8 heteroatoms. The van der Waals surface area contributed by atoms with Gasteiger partial charge < -0.3 is 11.1 Å². The molecule has 4 rings (SSSR count). The Kier molecular flexibility index (Phi) is 5.07. The Morgan fingerprint density at radius 3 is 2.79 bits per heavy atom. The number of halogens is 1. The van der Waals surface area contributed by atoms with Crippen molar-refractivity contribution in [3.63, 3.8) is 0 Å². The number of nitrogens with two attached hydrogens (primary N) is 1. The third-order valence-corrected chi connectivity index (χ3v) is 4.80. The molecule has 0 aliphatic heterocycles. The van der Waals surface area contributed by atoms with E-state index in [-0.39, 0.29) is 11.7 Å². The summed E-state index contributed by atoms with van der Waals surface area (Å²) in [7, 11) is 0. The van der Waals surface area contributed by atoms with Crippen LogP contribution in [-0.2, 0) is 13.0 Å². The summed E-state index contributed by atoms with van der Waals surface area (Å²) in [5.41, 5.74) is 8.94. The van der Waals surface area contributed by atoms with Crippen LogP contribution in [-0.4, -0.2) is 32.2 Å². The average Bonchev–Trinajstić information content (AvgIpc) is 3.08. The molecule has 0 fully saturated rings. The molecular formula is C21H21FN6O. The zero-order valence-corrected chi connectivity index (χ0v) is 16.0. The van der Waals surface area contributed by atoms with Crippen LogP contribution in [0.25, 0.3) is 21.8 Å². The highest BCUT2D eigenvalue weighted by Crippen LogP contribution is 2.30. The number of nitrogen functional groups attached to an aromatic ring is 1. The second kappa shape index (κ2) is 7.83. The largest absolute Gasteiger partial charge is 0.382 e. The summed E-state index contributed by atoms with van der Waals surface area (Å²) in [5, 5.41) is 9.44. The minimum Gasteiger partial charge on any atom is -0.382 e. The van der Waals surface area contributed by atoms with E-state index in [0.29, 0.717) is 35.4 Å². The van der Waals surface area contributed by atoms with Gasteiger partial charge in [0.15, 0.2) is 5.82 Å². The number of anilines is 1. The summed E-state index contributed by atoms with van der Waals surface area (Å²) in [6.45, 7) is 3.23. The molecule has 3 heterocycles. The fourth-order valence-corrected chi connectivity index (χ4v) is 3.48. The minimum absolute atomic E-state index is 0.244. The van der Waals surface area contributed by atoms with Crippen molar-refractivity contribution in [1.82, 2.24) is 25.1 Å². The van der Waals surface area contributed by atoms with E-state index < -0.39 is 0 Å². The number of carbonyl (C=O) groups excluding carboxylic acids is 1. The quantitative estimate of drug-likeness (QED) is 0.525. The number of nitrogens with one attached hydrogen (secondary N) is 1. The highest BCUT2D eigenvalue weighted by molar-refractivity contribution is 6.09. The van der Waals surface area contributed by atoms with Crippen molar-refractivity contribution in [3.8, 4) is 0 Å². The second-order valence-corrected chi connectivity index (χ2v) is 6.80. The molecule has 7 nitrogen and oxygen atoms in total. The zero-order valence-electron chi connectivity index (χ0n) is 16.0. The summed E-state index contributed by atoms with van der Waals surface area (Å²) < 4.78 is 15.0. The average molecular weight is 392 g/mol. The first-order valence-corrected chi connectivity index (χ1v) is 9.51. The molecule has 0 bridgehead atoms. The fraction of sp³-hybridized carbons (Fsp3) is 0.238. The van der Waals surface area contributed by atoms with Crippen LogP contribution in [0.4, 0.5) is 10.2 Å². The van der Waals surface area contributed by atoms with Crippen LogP contribution < -0.4 is 11.1 Å². The minimum atomic E-state index is -0.371. The lowest BCUT2D eigenvalue weighted by atomic mass is 10.1. The third kappa shape index (κ3) is 3.61. The monoisotopic (exact) mass is 392 g/mol.